The van der Waals surface area contributed by atoms with Crippen molar-refractivity contribution in [2.75, 3.05) is 6.54 Å². The summed E-state index contributed by atoms with van der Waals surface area (Å²) in [7, 11) is 0. The van der Waals surface area contributed by atoms with Crippen molar-refractivity contribution >= 4 is 0 Å². The van der Waals surface area contributed by atoms with Crippen molar-refractivity contribution in [2.45, 2.75) is 58.5 Å². The molecule has 0 fully saturated rings. The Morgan fingerprint density at radius 2 is 1.58 bits per heavy atom. The highest BCUT2D eigenvalue weighted by Crippen LogP contribution is 2.22. The van der Waals surface area contributed by atoms with Crippen molar-refractivity contribution in [1.82, 2.24) is 5.32 Å². The van der Waals surface area contributed by atoms with Crippen LogP contribution in [0.25, 0.3) is 0 Å². The molecule has 3 N–H and O–H groups in total. The van der Waals surface area contributed by atoms with E-state index in [4.69, 9.17) is 5.73 Å². The third-order valence-electron chi connectivity index (χ3n) is 4.63. The van der Waals surface area contributed by atoms with E-state index in [0.29, 0.717) is 5.92 Å². The number of hydrogen-bond donors (Lipinski definition) is 2. The van der Waals surface area contributed by atoms with Gasteiger partial charge in [0, 0.05) is 18.1 Å². The summed E-state index contributed by atoms with van der Waals surface area (Å²) in [5.41, 5.74) is 7.86. The SMILES string of the molecule is CCC(CC)(CC)NCC(C)C(N)c1ccccc1. The molecule has 2 atom stereocenters. The standard InChI is InChI=1S/C17H30N2/c1-5-17(6-2,7-3)19-13-14(4)16(18)15-11-9-8-10-12-15/h8-12,14,16,19H,5-7,13,18H2,1-4H3. The fraction of sp³-hybridized carbons (Fsp3) is 0.647. The van der Waals surface area contributed by atoms with Gasteiger partial charge < -0.3 is 11.1 Å². The topological polar surface area (TPSA) is 38.0 Å². The van der Waals surface area contributed by atoms with Crippen LogP contribution in [0.15, 0.2) is 30.3 Å². The van der Waals surface area contributed by atoms with Crippen molar-refractivity contribution in [2.24, 2.45) is 11.7 Å². The molecule has 0 bridgehead atoms. The molecule has 2 unspecified atom stereocenters. The summed E-state index contributed by atoms with van der Waals surface area (Å²) < 4.78 is 0. The van der Waals surface area contributed by atoms with Crippen LogP contribution in [-0.2, 0) is 0 Å². The maximum absolute atomic E-state index is 6.35. The van der Waals surface area contributed by atoms with E-state index in [1.165, 1.54) is 24.8 Å². The lowest BCUT2D eigenvalue weighted by atomic mass is 9.88. The molecular formula is C17H30N2. The highest BCUT2D eigenvalue weighted by molar-refractivity contribution is 5.19. The number of nitrogens with two attached hydrogens (primary N) is 1. The molecule has 0 spiro atoms. The Morgan fingerprint density at radius 3 is 2.05 bits per heavy atom. The summed E-state index contributed by atoms with van der Waals surface area (Å²) in [6.45, 7) is 10.0. The van der Waals surface area contributed by atoms with Gasteiger partial charge in [0.25, 0.3) is 0 Å². The molecule has 0 saturated carbocycles. The Bertz CT molecular complexity index is 335. The van der Waals surface area contributed by atoms with Crippen molar-refractivity contribution in [3.8, 4) is 0 Å². The van der Waals surface area contributed by atoms with Gasteiger partial charge in [0.05, 0.1) is 0 Å². The van der Waals surface area contributed by atoms with Gasteiger partial charge in [-0.2, -0.15) is 0 Å². The summed E-state index contributed by atoms with van der Waals surface area (Å²) >= 11 is 0. The first kappa shape index (κ1) is 16.2. The average Bonchev–Trinajstić information content (AvgIpc) is 2.49. The fourth-order valence-electron chi connectivity index (χ4n) is 2.63. The second kappa shape index (κ2) is 7.66. The predicted octanol–water partition coefficient (Wildman–Crippen LogP) is 3.88. The third kappa shape index (κ3) is 4.32. The van der Waals surface area contributed by atoms with E-state index in [1.54, 1.807) is 0 Å². The van der Waals surface area contributed by atoms with Gasteiger partial charge in [-0.1, -0.05) is 58.0 Å². The summed E-state index contributed by atoms with van der Waals surface area (Å²) in [6.07, 6.45) is 3.52. The van der Waals surface area contributed by atoms with Crippen LogP contribution < -0.4 is 11.1 Å². The molecule has 2 heteroatoms. The number of hydrogen-bond acceptors (Lipinski definition) is 2. The van der Waals surface area contributed by atoms with Crippen molar-refractivity contribution in [3.63, 3.8) is 0 Å². The lowest BCUT2D eigenvalue weighted by Gasteiger charge is -2.34. The normalized spacial score (nSPS) is 15.2. The predicted molar refractivity (Wildman–Crippen MR) is 84.1 cm³/mol. The van der Waals surface area contributed by atoms with E-state index >= 15 is 0 Å². The zero-order valence-electron chi connectivity index (χ0n) is 12.9. The Morgan fingerprint density at radius 1 is 1.05 bits per heavy atom. The number of benzene rings is 1. The van der Waals surface area contributed by atoms with Crippen LogP contribution in [0.5, 0.6) is 0 Å². The molecule has 0 amide bonds. The molecule has 108 valence electrons. The minimum atomic E-state index is 0.108. The van der Waals surface area contributed by atoms with Gasteiger partial charge in [0.1, 0.15) is 0 Å². The van der Waals surface area contributed by atoms with Gasteiger partial charge in [-0.3, -0.25) is 0 Å². The lowest BCUT2D eigenvalue weighted by Crippen LogP contribution is -2.46. The Labute approximate surface area is 118 Å². The molecule has 0 aliphatic rings. The van der Waals surface area contributed by atoms with Crippen LogP contribution >= 0.6 is 0 Å². The summed E-state index contributed by atoms with van der Waals surface area (Å²) in [5, 5.41) is 3.75. The van der Waals surface area contributed by atoms with Crippen molar-refractivity contribution in [3.05, 3.63) is 35.9 Å². The summed E-state index contributed by atoms with van der Waals surface area (Å²) in [5.74, 6) is 0.437. The van der Waals surface area contributed by atoms with E-state index in [0.717, 1.165) is 6.54 Å². The van der Waals surface area contributed by atoms with Crippen LogP contribution in [0.2, 0.25) is 0 Å². The van der Waals surface area contributed by atoms with Crippen LogP contribution in [0.4, 0.5) is 0 Å². The van der Waals surface area contributed by atoms with E-state index < -0.39 is 0 Å². The monoisotopic (exact) mass is 262 g/mol. The van der Waals surface area contributed by atoms with Crippen molar-refractivity contribution < 1.29 is 0 Å². The van der Waals surface area contributed by atoms with Crippen molar-refractivity contribution in [1.29, 1.82) is 0 Å². The molecule has 0 aromatic heterocycles. The maximum Gasteiger partial charge on any atom is 0.0333 e. The third-order valence-corrected chi connectivity index (χ3v) is 4.63. The molecular weight excluding hydrogens is 232 g/mol. The first-order chi connectivity index (χ1) is 9.08. The zero-order chi connectivity index (χ0) is 14.3. The minimum absolute atomic E-state index is 0.108. The quantitative estimate of drug-likeness (QED) is 0.746. The number of rotatable bonds is 8. The molecule has 19 heavy (non-hydrogen) atoms. The highest BCUT2D eigenvalue weighted by atomic mass is 15.0. The Kier molecular flexibility index (Phi) is 6.53. The van der Waals surface area contributed by atoms with Crippen LogP contribution in [-0.4, -0.2) is 12.1 Å². The molecule has 0 aliphatic heterocycles. The van der Waals surface area contributed by atoms with E-state index in [2.05, 4.69) is 57.3 Å². The zero-order valence-corrected chi connectivity index (χ0v) is 12.9. The van der Waals surface area contributed by atoms with Gasteiger partial charge >= 0.3 is 0 Å². The highest BCUT2D eigenvalue weighted by Gasteiger charge is 2.24. The lowest BCUT2D eigenvalue weighted by molar-refractivity contribution is 0.264. The van der Waals surface area contributed by atoms with E-state index in [1.807, 2.05) is 6.07 Å². The largest absolute Gasteiger partial charge is 0.324 e. The fourth-order valence-corrected chi connectivity index (χ4v) is 2.63. The number of nitrogens with one attached hydrogen (secondary N) is 1. The maximum atomic E-state index is 6.35. The molecule has 0 aliphatic carbocycles. The summed E-state index contributed by atoms with van der Waals surface area (Å²) in [6, 6.07) is 10.5. The molecule has 0 radical (unpaired) electrons. The summed E-state index contributed by atoms with van der Waals surface area (Å²) in [4.78, 5) is 0. The molecule has 1 aromatic carbocycles. The van der Waals surface area contributed by atoms with Gasteiger partial charge in [0.2, 0.25) is 0 Å². The molecule has 1 aromatic rings. The van der Waals surface area contributed by atoms with Gasteiger partial charge in [-0.25, -0.2) is 0 Å². The molecule has 1 rings (SSSR count). The molecule has 2 nitrogen and oxygen atoms in total. The van der Waals surface area contributed by atoms with Crippen LogP contribution in [0.1, 0.15) is 58.6 Å². The second-order valence-electron chi connectivity index (χ2n) is 5.64. The first-order valence-corrected chi connectivity index (χ1v) is 7.64. The smallest absolute Gasteiger partial charge is 0.0333 e. The minimum Gasteiger partial charge on any atom is -0.324 e. The molecule has 0 heterocycles. The average molecular weight is 262 g/mol. The second-order valence-corrected chi connectivity index (χ2v) is 5.64. The van der Waals surface area contributed by atoms with Gasteiger partial charge in [-0.05, 0) is 30.7 Å². The van der Waals surface area contributed by atoms with E-state index in [-0.39, 0.29) is 11.6 Å². The molecule has 0 saturated heterocycles. The van der Waals surface area contributed by atoms with E-state index in [9.17, 15) is 0 Å². The first-order valence-electron chi connectivity index (χ1n) is 7.64. The van der Waals surface area contributed by atoms with Gasteiger partial charge in [-0.15, -0.1) is 0 Å². The van der Waals surface area contributed by atoms with Gasteiger partial charge in [0.15, 0.2) is 0 Å². The Hall–Kier alpha value is -0.860. The van der Waals surface area contributed by atoms with Crippen LogP contribution in [0, 0.1) is 5.92 Å². The van der Waals surface area contributed by atoms with Crippen LogP contribution in [0.3, 0.4) is 0 Å². The Balaban J connectivity index is 2.58.